The molecule has 0 aromatic rings. The highest BCUT2D eigenvalue weighted by atomic mass is 16.5. The summed E-state index contributed by atoms with van der Waals surface area (Å²) in [7, 11) is 0. The molecule has 0 radical (unpaired) electrons. The first-order valence-corrected chi connectivity index (χ1v) is 6.12. The van der Waals surface area contributed by atoms with Gasteiger partial charge in [-0.1, -0.05) is 0 Å². The summed E-state index contributed by atoms with van der Waals surface area (Å²) in [5.41, 5.74) is 4.94. The smallest absolute Gasteiger partial charge is 0.326 e. The lowest BCUT2D eigenvalue weighted by atomic mass is 10.1. The van der Waals surface area contributed by atoms with Crippen LogP contribution in [0.2, 0.25) is 0 Å². The fourth-order valence-electron chi connectivity index (χ4n) is 1.73. The summed E-state index contributed by atoms with van der Waals surface area (Å²) < 4.78 is 5.16. The Morgan fingerprint density at radius 2 is 2.16 bits per heavy atom. The highest BCUT2D eigenvalue weighted by Crippen LogP contribution is 2.10. The molecule has 2 atom stereocenters. The van der Waals surface area contributed by atoms with E-state index in [2.05, 4.69) is 10.6 Å². The van der Waals surface area contributed by atoms with Crippen molar-refractivity contribution in [2.45, 2.75) is 25.3 Å². The number of carbonyl (C=O) groups excluding carboxylic acids is 2. The van der Waals surface area contributed by atoms with Crippen LogP contribution in [0.5, 0.6) is 0 Å². The second-order valence-corrected chi connectivity index (χ2v) is 4.48. The molecule has 5 N–H and O–H groups in total. The third-order valence-electron chi connectivity index (χ3n) is 2.86. The van der Waals surface area contributed by atoms with Gasteiger partial charge in [0.2, 0.25) is 5.91 Å². The van der Waals surface area contributed by atoms with E-state index in [-0.39, 0.29) is 18.8 Å². The Labute approximate surface area is 110 Å². The van der Waals surface area contributed by atoms with Gasteiger partial charge in [0.05, 0.1) is 6.61 Å². The summed E-state index contributed by atoms with van der Waals surface area (Å²) >= 11 is 0. The van der Waals surface area contributed by atoms with Crippen LogP contribution in [0, 0.1) is 5.92 Å². The Morgan fingerprint density at radius 3 is 2.68 bits per heavy atom. The second-order valence-electron chi connectivity index (χ2n) is 4.48. The van der Waals surface area contributed by atoms with Gasteiger partial charge in [0.15, 0.2) is 0 Å². The number of nitrogens with one attached hydrogen (secondary N) is 2. The van der Waals surface area contributed by atoms with Gasteiger partial charge in [0.1, 0.15) is 6.04 Å². The number of aliphatic carboxylic acids is 1. The van der Waals surface area contributed by atoms with Crippen molar-refractivity contribution in [2.75, 3.05) is 19.8 Å². The lowest BCUT2D eigenvalue weighted by molar-refractivity contribution is -0.139. The first kappa shape index (κ1) is 15.2. The van der Waals surface area contributed by atoms with E-state index in [9.17, 15) is 14.4 Å². The quantitative estimate of drug-likeness (QED) is 0.474. The van der Waals surface area contributed by atoms with E-state index in [0.29, 0.717) is 19.8 Å². The number of rotatable bonds is 7. The maximum atomic E-state index is 11.5. The van der Waals surface area contributed by atoms with Gasteiger partial charge in [-0.25, -0.2) is 9.59 Å². The lowest BCUT2D eigenvalue weighted by Crippen LogP contribution is -2.47. The largest absolute Gasteiger partial charge is 0.480 e. The molecule has 1 fully saturated rings. The SMILES string of the molecule is NC(=O)CC[C@@H](NC(=O)NCC1CCOC1)C(=O)O. The van der Waals surface area contributed by atoms with E-state index in [4.69, 9.17) is 15.6 Å². The molecule has 19 heavy (non-hydrogen) atoms. The molecule has 0 aromatic heterocycles. The van der Waals surface area contributed by atoms with Crippen LogP contribution in [0.25, 0.3) is 0 Å². The van der Waals surface area contributed by atoms with E-state index in [1.807, 2.05) is 0 Å². The van der Waals surface area contributed by atoms with Crippen molar-refractivity contribution in [3.8, 4) is 0 Å². The number of hydrogen-bond acceptors (Lipinski definition) is 4. The van der Waals surface area contributed by atoms with Crippen LogP contribution in [0.3, 0.4) is 0 Å². The molecule has 1 aliphatic heterocycles. The van der Waals surface area contributed by atoms with Gasteiger partial charge in [-0.3, -0.25) is 4.79 Å². The van der Waals surface area contributed by atoms with Crippen LogP contribution in [0.1, 0.15) is 19.3 Å². The van der Waals surface area contributed by atoms with E-state index in [1.165, 1.54) is 0 Å². The molecule has 0 spiro atoms. The van der Waals surface area contributed by atoms with Gasteiger partial charge in [-0.2, -0.15) is 0 Å². The average Bonchev–Trinajstić information content (AvgIpc) is 2.84. The van der Waals surface area contributed by atoms with Crippen LogP contribution >= 0.6 is 0 Å². The number of nitrogens with two attached hydrogens (primary N) is 1. The van der Waals surface area contributed by atoms with Gasteiger partial charge < -0.3 is 26.2 Å². The fourth-order valence-corrected chi connectivity index (χ4v) is 1.73. The average molecular weight is 273 g/mol. The topological polar surface area (TPSA) is 131 Å². The van der Waals surface area contributed by atoms with E-state index >= 15 is 0 Å². The molecule has 108 valence electrons. The maximum Gasteiger partial charge on any atom is 0.326 e. The van der Waals surface area contributed by atoms with Crippen molar-refractivity contribution in [3.05, 3.63) is 0 Å². The molecule has 0 aliphatic carbocycles. The zero-order valence-corrected chi connectivity index (χ0v) is 10.6. The van der Waals surface area contributed by atoms with Crippen molar-refractivity contribution >= 4 is 17.9 Å². The molecular weight excluding hydrogens is 254 g/mol. The molecule has 1 unspecified atom stereocenters. The van der Waals surface area contributed by atoms with E-state index < -0.39 is 23.9 Å². The summed E-state index contributed by atoms with van der Waals surface area (Å²) in [5.74, 6) is -1.53. The zero-order valence-electron chi connectivity index (χ0n) is 10.6. The number of carbonyl (C=O) groups is 3. The number of amides is 3. The predicted molar refractivity (Wildman–Crippen MR) is 65.3 cm³/mol. The molecule has 1 aliphatic rings. The van der Waals surface area contributed by atoms with Crippen molar-refractivity contribution in [2.24, 2.45) is 11.7 Å². The Bertz CT molecular complexity index is 341. The number of carboxylic acids is 1. The molecule has 8 nitrogen and oxygen atoms in total. The van der Waals surface area contributed by atoms with Crippen LogP contribution in [0.15, 0.2) is 0 Å². The van der Waals surface area contributed by atoms with Crippen molar-refractivity contribution in [3.63, 3.8) is 0 Å². The number of primary amides is 1. The number of urea groups is 1. The summed E-state index contributed by atoms with van der Waals surface area (Å²) in [4.78, 5) is 33.0. The minimum atomic E-state index is -1.19. The normalized spacial score (nSPS) is 19.7. The standard InChI is InChI=1S/C11H19N3O5/c12-9(15)2-1-8(10(16)17)14-11(18)13-5-7-3-4-19-6-7/h7-8H,1-6H2,(H2,12,15)(H,16,17)(H2,13,14,18)/t7?,8-/m1/s1. The van der Waals surface area contributed by atoms with E-state index in [0.717, 1.165) is 6.42 Å². The van der Waals surface area contributed by atoms with Crippen LogP contribution in [-0.4, -0.2) is 48.8 Å². The van der Waals surface area contributed by atoms with Gasteiger partial charge in [-0.15, -0.1) is 0 Å². The monoisotopic (exact) mass is 273 g/mol. The molecule has 0 bridgehead atoms. The highest BCUT2D eigenvalue weighted by molar-refractivity contribution is 5.83. The molecule has 1 heterocycles. The van der Waals surface area contributed by atoms with Gasteiger partial charge >= 0.3 is 12.0 Å². The van der Waals surface area contributed by atoms with Gasteiger partial charge in [0, 0.05) is 25.5 Å². The Kier molecular flexibility index (Phi) is 6.07. The first-order chi connectivity index (χ1) is 8.99. The molecule has 0 aromatic carbocycles. The van der Waals surface area contributed by atoms with Crippen molar-refractivity contribution in [1.82, 2.24) is 10.6 Å². The minimum Gasteiger partial charge on any atom is -0.480 e. The fraction of sp³-hybridized carbons (Fsp3) is 0.727. The number of ether oxygens (including phenoxy) is 1. The molecule has 3 amide bonds. The minimum absolute atomic E-state index is 0.0232. The summed E-state index contributed by atoms with van der Waals surface area (Å²) in [6, 6.07) is -1.68. The summed E-state index contributed by atoms with van der Waals surface area (Å²) in [5, 5.41) is 13.8. The third kappa shape index (κ3) is 6.05. The molecule has 1 saturated heterocycles. The van der Waals surface area contributed by atoms with Gasteiger partial charge in [0.25, 0.3) is 0 Å². The lowest BCUT2D eigenvalue weighted by Gasteiger charge is -2.15. The molecular formula is C11H19N3O5. The van der Waals surface area contributed by atoms with E-state index in [1.54, 1.807) is 0 Å². The van der Waals surface area contributed by atoms with Gasteiger partial charge in [-0.05, 0) is 12.8 Å². The van der Waals surface area contributed by atoms with Crippen molar-refractivity contribution < 1.29 is 24.2 Å². The summed E-state index contributed by atoms with van der Waals surface area (Å²) in [6.45, 7) is 1.72. The number of carboxylic acid groups (broad SMARTS) is 1. The maximum absolute atomic E-state index is 11.5. The summed E-state index contributed by atoms with van der Waals surface area (Å²) in [6.07, 6.45) is 0.767. The van der Waals surface area contributed by atoms with Crippen LogP contribution in [-0.2, 0) is 14.3 Å². The zero-order chi connectivity index (χ0) is 14.3. The van der Waals surface area contributed by atoms with Crippen LogP contribution in [0.4, 0.5) is 4.79 Å². The molecule has 0 saturated carbocycles. The highest BCUT2D eigenvalue weighted by Gasteiger charge is 2.21. The molecule has 8 heteroatoms. The predicted octanol–water partition coefficient (Wildman–Crippen LogP) is -0.959. The first-order valence-electron chi connectivity index (χ1n) is 6.12. The Morgan fingerprint density at radius 1 is 1.42 bits per heavy atom. The molecule has 1 rings (SSSR count). The van der Waals surface area contributed by atoms with Crippen LogP contribution < -0.4 is 16.4 Å². The van der Waals surface area contributed by atoms with Crippen molar-refractivity contribution in [1.29, 1.82) is 0 Å². The second kappa shape index (κ2) is 7.57. The number of hydrogen-bond donors (Lipinski definition) is 4. The Balaban J connectivity index is 2.29. The third-order valence-corrected chi connectivity index (χ3v) is 2.86. The Hall–Kier alpha value is -1.83.